The van der Waals surface area contributed by atoms with E-state index in [-0.39, 0.29) is 4.75 Å². The maximum absolute atomic E-state index is 12.1. The van der Waals surface area contributed by atoms with E-state index in [0.29, 0.717) is 18.9 Å². The fourth-order valence-electron chi connectivity index (χ4n) is 2.05. The van der Waals surface area contributed by atoms with Crippen LogP contribution < -0.4 is 10.1 Å². The molecule has 1 aromatic carbocycles. The van der Waals surface area contributed by atoms with Crippen LogP contribution in [0.2, 0.25) is 0 Å². The van der Waals surface area contributed by atoms with E-state index in [9.17, 15) is 4.21 Å². The lowest BCUT2D eigenvalue weighted by Crippen LogP contribution is -2.41. The van der Waals surface area contributed by atoms with Gasteiger partial charge in [-0.05, 0) is 46.8 Å². The van der Waals surface area contributed by atoms with Crippen LogP contribution in [0.4, 0.5) is 0 Å². The molecule has 142 valence electrons. The minimum Gasteiger partial charge on any atom is -0.492 e. The molecule has 0 aliphatic heterocycles. The van der Waals surface area contributed by atoms with Crippen LogP contribution in [0.5, 0.6) is 5.75 Å². The third kappa shape index (κ3) is 8.38. The van der Waals surface area contributed by atoms with Crippen molar-refractivity contribution in [2.24, 2.45) is 4.99 Å². The van der Waals surface area contributed by atoms with Gasteiger partial charge in [-0.3, -0.25) is 9.20 Å². The van der Waals surface area contributed by atoms with Gasteiger partial charge in [-0.15, -0.1) is 0 Å². The van der Waals surface area contributed by atoms with E-state index >= 15 is 0 Å². The van der Waals surface area contributed by atoms with E-state index in [0.717, 1.165) is 24.8 Å². The number of nitrogens with zero attached hydrogens (tertiary/aromatic N) is 2. The number of guanidine groups is 1. The highest BCUT2D eigenvalue weighted by Gasteiger charge is 2.18. The summed E-state index contributed by atoms with van der Waals surface area (Å²) in [5.74, 6) is 2.27. The predicted octanol–water partition coefficient (Wildman–Crippen LogP) is 2.82. The summed E-state index contributed by atoms with van der Waals surface area (Å²) >= 11 is 0. The summed E-state index contributed by atoms with van der Waals surface area (Å²) in [6, 6.07) is 8.05. The summed E-state index contributed by atoms with van der Waals surface area (Å²) in [5.41, 5.74) is 1.22. The SMILES string of the molecule is CCNC(=NCCS(=O)C(C)(C)C)N(C)CCOc1ccc(C)cc1. The Morgan fingerprint density at radius 3 is 2.48 bits per heavy atom. The highest BCUT2D eigenvalue weighted by molar-refractivity contribution is 7.86. The van der Waals surface area contributed by atoms with Gasteiger partial charge < -0.3 is 15.0 Å². The van der Waals surface area contributed by atoms with Crippen molar-refractivity contribution in [1.82, 2.24) is 10.2 Å². The van der Waals surface area contributed by atoms with E-state index in [1.165, 1.54) is 5.56 Å². The average Bonchev–Trinajstić information content (AvgIpc) is 2.54. The Labute approximate surface area is 155 Å². The van der Waals surface area contributed by atoms with Crippen LogP contribution in [0.3, 0.4) is 0 Å². The van der Waals surface area contributed by atoms with Gasteiger partial charge in [-0.2, -0.15) is 0 Å². The molecule has 0 aliphatic rings. The Hall–Kier alpha value is -1.56. The molecule has 1 unspecified atom stereocenters. The quantitative estimate of drug-likeness (QED) is 0.567. The van der Waals surface area contributed by atoms with Crippen molar-refractivity contribution in [3.05, 3.63) is 29.8 Å². The Bertz CT molecular complexity index is 565. The van der Waals surface area contributed by atoms with E-state index in [1.807, 2.05) is 63.9 Å². The Morgan fingerprint density at radius 1 is 1.28 bits per heavy atom. The second kappa shape index (κ2) is 10.4. The molecule has 0 spiro atoms. The number of hydrogen-bond donors (Lipinski definition) is 1. The number of hydrogen-bond acceptors (Lipinski definition) is 3. The second-order valence-electron chi connectivity index (χ2n) is 6.98. The number of nitrogens with one attached hydrogen (secondary N) is 1. The Kier molecular flexibility index (Phi) is 8.97. The number of aryl methyl sites for hydroxylation is 1. The third-order valence-corrected chi connectivity index (χ3v) is 5.55. The van der Waals surface area contributed by atoms with Crippen LogP contribution >= 0.6 is 0 Å². The van der Waals surface area contributed by atoms with E-state index in [2.05, 4.69) is 17.2 Å². The van der Waals surface area contributed by atoms with Gasteiger partial charge in [0.25, 0.3) is 0 Å². The van der Waals surface area contributed by atoms with Gasteiger partial charge in [0.2, 0.25) is 0 Å². The Morgan fingerprint density at radius 2 is 1.92 bits per heavy atom. The van der Waals surface area contributed by atoms with Gasteiger partial charge in [-0.25, -0.2) is 0 Å². The molecule has 0 fully saturated rings. The summed E-state index contributed by atoms with van der Waals surface area (Å²) < 4.78 is 17.7. The topological polar surface area (TPSA) is 53.9 Å². The number of likely N-dealkylation sites (N-methyl/N-ethyl adjacent to an activating group) is 1. The van der Waals surface area contributed by atoms with Crippen LogP contribution in [0, 0.1) is 6.92 Å². The molecule has 0 bridgehead atoms. The maximum Gasteiger partial charge on any atom is 0.193 e. The molecule has 0 aromatic heterocycles. The van der Waals surface area contributed by atoms with Crippen molar-refractivity contribution in [2.45, 2.75) is 39.4 Å². The lowest BCUT2D eigenvalue weighted by Gasteiger charge is -2.22. The van der Waals surface area contributed by atoms with E-state index < -0.39 is 10.8 Å². The zero-order chi connectivity index (χ0) is 18.9. The first-order valence-electron chi connectivity index (χ1n) is 8.81. The average molecular weight is 368 g/mol. The molecule has 1 aromatic rings. The summed E-state index contributed by atoms with van der Waals surface area (Å²) in [4.78, 5) is 6.63. The van der Waals surface area contributed by atoms with Crippen LogP contribution in [-0.2, 0) is 10.8 Å². The second-order valence-corrected chi connectivity index (χ2v) is 9.30. The molecule has 0 saturated heterocycles. The first kappa shape index (κ1) is 21.5. The van der Waals surface area contributed by atoms with E-state index in [1.54, 1.807) is 0 Å². The molecule has 1 rings (SSSR count). The first-order chi connectivity index (χ1) is 11.7. The number of benzene rings is 1. The van der Waals surface area contributed by atoms with Crippen molar-refractivity contribution in [3.63, 3.8) is 0 Å². The van der Waals surface area contributed by atoms with E-state index in [4.69, 9.17) is 4.74 Å². The van der Waals surface area contributed by atoms with Gasteiger partial charge in [-0.1, -0.05) is 17.7 Å². The predicted molar refractivity (Wildman–Crippen MR) is 108 cm³/mol. The summed E-state index contributed by atoms with van der Waals surface area (Å²) in [5, 5.41) is 3.27. The van der Waals surface area contributed by atoms with Crippen LogP contribution in [0.15, 0.2) is 29.3 Å². The summed E-state index contributed by atoms with van der Waals surface area (Å²) in [6.07, 6.45) is 0. The standard InChI is InChI=1S/C19H33N3O2S/c1-7-20-18(21-12-15-25(23)19(3,4)5)22(6)13-14-24-17-10-8-16(2)9-11-17/h8-11H,7,12-15H2,1-6H3,(H,20,21). The van der Waals surface area contributed by atoms with Crippen molar-refractivity contribution < 1.29 is 8.95 Å². The highest BCUT2D eigenvalue weighted by Crippen LogP contribution is 2.12. The molecule has 6 heteroatoms. The van der Waals surface area contributed by atoms with Crippen LogP contribution in [0.25, 0.3) is 0 Å². The molecule has 0 amide bonds. The molecule has 1 N–H and O–H groups in total. The van der Waals surface area contributed by atoms with Crippen LogP contribution in [0.1, 0.15) is 33.3 Å². The molecule has 0 aliphatic carbocycles. The third-order valence-electron chi connectivity index (χ3n) is 3.63. The zero-order valence-corrected chi connectivity index (χ0v) is 17.3. The molecule has 5 nitrogen and oxygen atoms in total. The molecular weight excluding hydrogens is 334 g/mol. The largest absolute Gasteiger partial charge is 0.492 e. The van der Waals surface area contributed by atoms with Gasteiger partial charge in [0.15, 0.2) is 5.96 Å². The highest BCUT2D eigenvalue weighted by atomic mass is 32.2. The van der Waals surface area contributed by atoms with Gasteiger partial charge in [0.05, 0.1) is 13.1 Å². The smallest absolute Gasteiger partial charge is 0.193 e. The van der Waals surface area contributed by atoms with Crippen molar-refractivity contribution in [1.29, 1.82) is 0 Å². The molecule has 0 heterocycles. The number of aliphatic imine (C=N–C) groups is 1. The zero-order valence-electron chi connectivity index (χ0n) is 16.5. The van der Waals surface area contributed by atoms with Crippen molar-refractivity contribution in [2.75, 3.05) is 39.0 Å². The number of ether oxygens (including phenoxy) is 1. The van der Waals surface area contributed by atoms with Gasteiger partial charge in [0.1, 0.15) is 12.4 Å². The fraction of sp³-hybridized carbons (Fsp3) is 0.632. The van der Waals surface area contributed by atoms with Crippen molar-refractivity contribution in [3.8, 4) is 5.75 Å². The first-order valence-corrected chi connectivity index (χ1v) is 10.1. The minimum atomic E-state index is -0.881. The molecule has 0 saturated carbocycles. The Balaban J connectivity index is 2.48. The van der Waals surface area contributed by atoms with Crippen molar-refractivity contribution >= 4 is 16.8 Å². The lowest BCUT2D eigenvalue weighted by atomic mass is 10.2. The molecule has 25 heavy (non-hydrogen) atoms. The summed E-state index contributed by atoms with van der Waals surface area (Å²) in [6.45, 7) is 12.7. The fourth-order valence-corrected chi connectivity index (χ4v) is 2.92. The van der Waals surface area contributed by atoms with Gasteiger partial charge >= 0.3 is 0 Å². The van der Waals surface area contributed by atoms with Gasteiger partial charge in [0, 0.05) is 34.9 Å². The maximum atomic E-state index is 12.1. The summed E-state index contributed by atoms with van der Waals surface area (Å²) in [7, 11) is 1.11. The number of rotatable bonds is 8. The molecule has 1 atom stereocenters. The lowest BCUT2D eigenvalue weighted by molar-refractivity contribution is 0.281. The van der Waals surface area contributed by atoms with Crippen LogP contribution in [-0.4, -0.2) is 58.9 Å². The molecular formula is C19H33N3O2S. The normalized spacial score (nSPS) is 13.4. The minimum absolute atomic E-state index is 0.193. The molecule has 0 radical (unpaired) electrons. The monoisotopic (exact) mass is 367 g/mol.